The second kappa shape index (κ2) is 7.04. The Morgan fingerprint density at radius 1 is 1.37 bits per heavy atom. The van der Waals surface area contributed by atoms with Gasteiger partial charge >= 0.3 is 0 Å². The molecule has 0 radical (unpaired) electrons. The smallest absolute Gasteiger partial charge is 0.138 e. The Hall–Kier alpha value is -0.900. The van der Waals surface area contributed by atoms with Crippen molar-refractivity contribution in [3.05, 3.63) is 12.2 Å². The topological polar surface area (TPSA) is 42.7 Å². The molecule has 2 unspecified atom stereocenters. The van der Waals surface area contributed by atoms with Crippen LogP contribution in [0.1, 0.15) is 53.3 Å². The van der Waals surface area contributed by atoms with E-state index >= 15 is 0 Å². The Kier molecular flexibility index (Phi) is 5.98. The lowest BCUT2D eigenvalue weighted by Gasteiger charge is -2.30. The zero-order valence-electron chi connectivity index (χ0n) is 13.4. The van der Waals surface area contributed by atoms with Gasteiger partial charge in [0.1, 0.15) is 12.2 Å². The van der Waals surface area contributed by atoms with Crippen LogP contribution in [-0.4, -0.2) is 27.9 Å². The summed E-state index contributed by atoms with van der Waals surface area (Å²) in [6.07, 6.45) is 4.89. The van der Waals surface area contributed by atoms with E-state index in [1.54, 1.807) is 6.33 Å². The summed E-state index contributed by atoms with van der Waals surface area (Å²) in [5.41, 5.74) is 0.353. The molecule has 1 rings (SSSR count). The number of hydrogen-bond acceptors (Lipinski definition) is 3. The molecule has 0 aliphatic heterocycles. The summed E-state index contributed by atoms with van der Waals surface area (Å²) in [6, 6.07) is 0.467. The van der Waals surface area contributed by atoms with Crippen LogP contribution in [0.25, 0.3) is 0 Å². The number of hydrogen-bond donors (Lipinski definition) is 1. The van der Waals surface area contributed by atoms with E-state index in [0.717, 1.165) is 25.2 Å². The minimum atomic E-state index is 0.353. The van der Waals surface area contributed by atoms with Crippen LogP contribution >= 0.6 is 0 Å². The van der Waals surface area contributed by atoms with Gasteiger partial charge in [0.15, 0.2) is 0 Å². The van der Waals surface area contributed by atoms with Gasteiger partial charge in [0.05, 0.1) is 0 Å². The highest BCUT2D eigenvalue weighted by atomic mass is 15.3. The van der Waals surface area contributed by atoms with E-state index in [1.165, 1.54) is 6.42 Å². The van der Waals surface area contributed by atoms with Gasteiger partial charge in [0, 0.05) is 19.0 Å². The maximum absolute atomic E-state index is 4.40. The second-order valence-corrected chi connectivity index (χ2v) is 6.59. The van der Waals surface area contributed by atoms with E-state index in [1.807, 2.05) is 11.7 Å². The SMILES string of the molecule is CCCn1ncnc1CC(CC(C)C(C)(C)C)NC. The Morgan fingerprint density at radius 3 is 2.58 bits per heavy atom. The molecule has 4 nitrogen and oxygen atoms in total. The number of nitrogens with one attached hydrogen (secondary N) is 1. The third-order valence-corrected chi connectivity index (χ3v) is 4.08. The monoisotopic (exact) mass is 266 g/mol. The van der Waals surface area contributed by atoms with Crippen LogP contribution in [0, 0.1) is 11.3 Å². The first kappa shape index (κ1) is 16.2. The van der Waals surface area contributed by atoms with Crippen molar-refractivity contribution in [1.82, 2.24) is 20.1 Å². The van der Waals surface area contributed by atoms with Gasteiger partial charge in [0.2, 0.25) is 0 Å². The first-order chi connectivity index (χ1) is 8.88. The Bertz CT molecular complexity index is 364. The van der Waals surface area contributed by atoms with Crippen LogP contribution < -0.4 is 5.32 Å². The van der Waals surface area contributed by atoms with E-state index < -0.39 is 0 Å². The summed E-state index contributed by atoms with van der Waals surface area (Å²) in [5, 5.41) is 7.73. The molecule has 0 fully saturated rings. The Balaban J connectivity index is 2.64. The van der Waals surface area contributed by atoms with Crippen molar-refractivity contribution in [2.75, 3.05) is 7.05 Å². The summed E-state index contributed by atoms with van der Waals surface area (Å²) in [5.74, 6) is 1.77. The lowest BCUT2D eigenvalue weighted by molar-refractivity contribution is 0.223. The lowest BCUT2D eigenvalue weighted by Crippen LogP contribution is -2.33. The number of nitrogens with zero attached hydrogens (tertiary/aromatic N) is 3. The third kappa shape index (κ3) is 4.94. The largest absolute Gasteiger partial charge is 0.317 e. The summed E-state index contributed by atoms with van der Waals surface area (Å²) in [4.78, 5) is 4.40. The molecule has 0 spiro atoms. The van der Waals surface area contributed by atoms with Crippen molar-refractivity contribution in [3.63, 3.8) is 0 Å². The summed E-state index contributed by atoms with van der Waals surface area (Å²) in [7, 11) is 2.04. The summed E-state index contributed by atoms with van der Waals surface area (Å²) in [6.45, 7) is 12.4. The molecule has 0 aromatic carbocycles. The van der Waals surface area contributed by atoms with E-state index in [2.05, 4.69) is 50.0 Å². The molecule has 0 saturated heterocycles. The predicted octanol–water partition coefficient (Wildman–Crippen LogP) is 2.89. The van der Waals surface area contributed by atoms with Gasteiger partial charge in [-0.1, -0.05) is 34.6 Å². The number of rotatable bonds is 7. The molecule has 0 aliphatic carbocycles. The van der Waals surface area contributed by atoms with Gasteiger partial charge in [0.25, 0.3) is 0 Å². The fourth-order valence-electron chi connectivity index (χ4n) is 2.15. The molecule has 1 aromatic heterocycles. The summed E-state index contributed by atoms with van der Waals surface area (Å²) >= 11 is 0. The quantitative estimate of drug-likeness (QED) is 0.825. The highest BCUT2D eigenvalue weighted by Gasteiger charge is 2.24. The average Bonchev–Trinajstić information content (AvgIpc) is 2.75. The van der Waals surface area contributed by atoms with E-state index in [9.17, 15) is 0 Å². The molecule has 0 saturated carbocycles. The second-order valence-electron chi connectivity index (χ2n) is 6.59. The van der Waals surface area contributed by atoms with Crippen molar-refractivity contribution in [1.29, 1.82) is 0 Å². The van der Waals surface area contributed by atoms with Crippen molar-refractivity contribution < 1.29 is 0 Å². The van der Waals surface area contributed by atoms with Gasteiger partial charge in [-0.25, -0.2) is 4.98 Å². The molecule has 0 aliphatic rings. The molecule has 110 valence electrons. The van der Waals surface area contributed by atoms with Crippen LogP contribution in [0.5, 0.6) is 0 Å². The zero-order valence-corrected chi connectivity index (χ0v) is 13.4. The van der Waals surface area contributed by atoms with Crippen LogP contribution in [0.15, 0.2) is 6.33 Å². The molecule has 4 heteroatoms. The first-order valence-corrected chi connectivity index (χ1v) is 7.42. The number of likely N-dealkylation sites (N-methyl/N-ethyl adjacent to an activating group) is 1. The fourth-order valence-corrected chi connectivity index (χ4v) is 2.15. The van der Waals surface area contributed by atoms with E-state index in [0.29, 0.717) is 17.4 Å². The Labute approximate surface area is 118 Å². The van der Waals surface area contributed by atoms with Gasteiger partial charge in [-0.15, -0.1) is 0 Å². The van der Waals surface area contributed by atoms with Gasteiger partial charge in [-0.05, 0) is 31.2 Å². The van der Waals surface area contributed by atoms with Gasteiger partial charge < -0.3 is 5.32 Å². The maximum Gasteiger partial charge on any atom is 0.138 e. The average molecular weight is 266 g/mol. The Morgan fingerprint density at radius 2 is 2.05 bits per heavy atom. The fraction of sp³-hybridized carbons (Fsp3) is 0.867. The molecule has 0 bridgehead atoms. The summed E-state index contributed by atoms with van der Waals surface area (Å²) < 4.78 is 2.03. The van der Waals surface area contributed by atoms with Crippen molar-refractivity contribution in [3.8, 4) is 0 Å². The molecule has 1 heterocycles. The molecular weight excluding hydrogens is 236 g/mol. The number of aryl methyl sites for hydroxylation is 1. The third-order valence-electron chi connectivity index (χ3n) is 4.08. The van der Waals surface area contributed by atoms with Gasteiger partial charge in [-0.2, -0.15) is 5.10 Å². The molecule has 19 heavy (non-hydrogen) atoms. The normalized spacial score (nSPS) is 15.5. The van der Waals surface area contributed by atoms with Crippen molar-refractivity contribution in [2.45, 2.75) is 66.5 Å². The molecule has 0 amide bonds. The van der Waals surface area contributed by atoms with Crippen LogP contribution in [-0.2, 0) is 13.0 Å². The van der Waals surface area contributed by atoms with Crippen LogP contribution in [0.3, 0.4) is 0 Å². The van der Waals surface area contributed by atoms with E-state index in [-0.39, 0.29) is 0 Å². The minimum Gasteiger partial charge on any atom is -0.317 e. The van der Waals surface area contributed by atoms with Crippen LogP contribution in [0.2, 0.25) is 0 Å². The highest BCUT2D eigenvalue weighted by molar-refractivity contribution is 4.91. The van der Waals surface area contributed by atoms with Crippen molar-refractivity contribution in [2.24, 2.45) is 11.3 Å². The lowest BCUT2D eigenvalue weighted by atomic mass is 9.78. The zero-order chi connectivity index (χ0) is 14.5. The number of aromatic nitrogens is 3. The first-order valence-electron chi connectivity index (χ1n) is 7.42. The molecular formula is C15H30N4. The van der Waals surface area contributed by atoms with Gasteiger partial charge in [-0.3, -0.25) is 4.68 Å². The maximum atomic E-state index is 4.40. The minimum absolute atomic E-state index is 0.353. The predicted molar refractivity (Wildman–Crippen MR) is 80.1 cm³/mol. The van der Waals surface area contributed by atoms with Crippen molar-refractivity contribution >= 4 is 0 Å². The molecule has 1 N–H and O–H groups in total. The van der Waals surface area contributed by atoms with Crippen LogP contribution in [0.4, 0.5) is 0 Å². The molecule has 1 aromatic rings. The highest BCUT2D eigenvalue weighted by Crippen LogP contribution is 2.29. The molecule has 2 atom stereocenters. The standard InChI is InChI=1S/C15H30N4/c1-7-8-19-14(17-11-18-19)10-13(16-6)9-12(2)15(3,4)5/h11-13,16H,7-10H2,1-6H3. The van der Waals surface area contributed by atoms with E-state index in [4.69, 9.17) is 0 Å².